The maximum atomic E-state index is 13.0. The third kappa shape index (κ3) is 4.09. The van der Waals surface area contributed by atoms with Crippen LogP contribution in [0.3, 0.4) is 0 Å². The standard InChI is InChI=1S/C21H22N4O3S2/c26-19(13-30-21-23-22-20(28-21)14-6-2-1-3-7-14)25-16(18-9-5-11-29-18)12-15(24-25)17-8-4-10-27-17/h4-5,8-11,14,16H,1-3,6-7,12-13H2. The van der Waals surface area contributed by atoms with E-state index >= 15 is 0 Å². The molecule has 30 heavy (non-hydrogen) atoms. The number of hydrogen-bond acceptors (Lipinski definition) is 8. The van der Waals surface area contributed by atoms with E-state index in [4.69, 9.17) is 8.83 Å². The van der Waals surface area contributed by atoms with E-state index in [1.54, 1.807) is 22.6 Å². The van der Waals surface area contributed by atoms with Crippen LogP contribution < -0.4 is 0 Å². The Bertz CT molecular complexity index is 1010. The van der Waals surface area contributed by atoms with Crippen LogP contribution in [0.1, 0.15) is 67.0 Å². The van der Waals surface area contributed by atoms with Gasteiger partial charge in [0.15, 0.2) is 0 Å². The summed E-state index contributed by atoms with van der Waals surface area (Å²) in [5.74, 6) is 1.88. The normalized spacial score (nSPS) is 19.9. The summed E-state index contributed by atoms with van der Waals surface area (Å²) in [5, 5.41) is 17.0. The highest BCUT2D eigenvalue weighted by Crippen LogP contribution is 2.36. The van der Waals surface area contributed by atoms with Gasteiger partial charge in [0.2, 0.25) is 5.89 Å². The summed E-state index contributed by atoms with van der Waals surface area (Å²) in [4.78, 5) is 14.1. The first-order chi connectivity index (χ1) is 14.8. The molecule has 3 aromatic rings. The number of amides is 1. The van der Waals surface area contributed by atoms with Crippen LogP contribution in [0, 0.1) is 0 Å². The van der Waals surface area contributed by atoms with Gasteiger partial charge in [-0.3, -0.25) is 4.79 Å². The molecule has 7 nitrogen and oxygen atoms in total. The van der Waals surface area contributed by atoms with Gasteiger partial charge in [-0.15, -0.1) is 21.5 Å². The molecule has 1 unspecified atom stereocenters. The van der Waals surface area contributed by atoms with Crippen LogP contribution in [0.15, 0.2) is 55.1 Å². The minimum Gasteiger partial charge on any atom is -0.463 e. The van der Waals surface area contributed by atoms with Gasteiger partial charge in [-0.1, -0.05) is 37.1 Å². The minimum absolute atomic E-state index is 0.0858. The highest BCUT2D eigenvalue weighted by Gasteiger charge is 2.34. The van der Waals surface area contributed by atoms with E-state index in [1.807, 2.05) is 29.6 Å². The Labute approximate surface area is 182 Å². The molecule has 0 spiro atoms. The molecule has 1 fully saturated rings. The number of furan rings is 1. The number of carbonyl (C=O) groups is 1. The second kappa shape index (κ2) is 8.77. The van der Waals surface area contributed by atoms with E-state index in [2.05, 4.69) is 15.3 Å². The zero-order valence-electron chi connectivity index (χ0n) is 16.4. The van der Waals surface area contributed by atoms with Crippen LogP contribution >= 0.6 is 23.1 Å². The first kappa shape index (κ1) is 19.6. The zero-order chi connectivity index (χ0) is 20.3. The quantitative estimate of drug-likeness (QED) is 0.485. The second-order valence-electron chi connectivity index (χ2n) is 7.53. The highest BCUT2D eigenvalue weighted by atomic mass is 32.2. The fourth-order valence-corrected chi connectivity index (χ4v) is 5.45. The molecule has 0 N–H and O–H groups in total. The fourth-order valence-electron chi connectivity index (χ4n) is 4.02. The van der Waals surface area contributed by atoms with Crippen molar-refractivity contribution in [2.45, 2.75) is 55.7 Å². The van der Waals surface area contributed by atoms with Gasteiger partial charge < -0.3 is 8.83 Å². The molecule has 1 saturated carbocycles. The third-order valence-corrected chi connectivity index (χ3v) is 7.32. The predicted molar refractivity (Wildman–Crippen MR) is 115 cm³/mol. The van der Waals surface area contributed by atoms with Crippen molar-refractivity contribution < 1.29 is 13.6 Å². The molecule has 2 aliphatic rings. The maximum Gasteiger partial charge on any atom is 0.277 e. The van der Waals surface area contributed by atoms with Gasteiger partial charge >= 0.3 is 0 Å². The van der Waals surface area contributed by atoms with Crippen molar-refractivity contribution in [1.29, 1.82) is 0 Å². The topological polar surface area (TPSA) is 84.7 Å². The summed E-state index contributed by atoms with van der Waals surface area (Å²) in [6, 6.07) is 7.63. The summed E-state index contributed by atoms with van der Waals surface area (Å²) in [6.45, 7) is 0. The summed E-state index contributed by atoms with van der Waals surface area (Å²) in [5.41, 5.74) is 0.786. The van der Waals surface area contributed by atoms with Gasteiger partial charge in [0.1, 0.15) is 11.5 Å². The highest BCUT2D eigenvalue weighted by molar-refractivity contribution is 7.99. The first-order valence-corrected chi connectivity index (χ1v) is 12.1. The predicted octanol–water partition coefficient (Wildman–Crippen LogP) is 5.24. The van der Waals surface area contributed by atoms with E-state index in [0.29, 0.717) is 29.2 Å². The van der Waals surface area contributed by atoms with Crippen molar-refractivity contribution in [1.82, 2.24) is 15.2 Å². The molecular weight excluding hydrogens is 420 g/mol. The molecule has 156 valence electrons. The van der Waals surface area contributed by atoms with E-state index in [1.165, 1.54) is 31.0 Å². The Morgan fingerprint density at radius 3 is 2.87 bits per heavy atom. The van der Waals surface area contributed by atoms with Crippen molar-refractivity contribution in [3.05, 3.63) is 52.4 Å². The van der Waals surface area contributed by atoms with Crippen molar-refractivity contribution in [2.75, 3.05) is 5.75 Å². The summed E-state index contributed by atoms with van der Waals surface area (Å²) in [7, 11) is 0. The number of thioether (sulfide) groups is 1. The average Bonchev–Trinajstić information content (AvgIpc) is 3.57. The third-order valence-electron chi connectivity index (χ3n) is 5.54. The Morgan fingerprint density at radius 2 is 2.10 bits per heavy atom. The van der Waals surface area contributed by atoms with Crippen molar-refractivity contribution in [3.8, 4) is 0 Å². The Kier molecular flexibility index (Phi) is 5.72. The summed E-state index contributed by atoms with van der Waals surface area (Å²) >= 11 is 2.91. The lowest BCUT2D eigenvalue weighted by molar-refractivity contribution is -0.130. The Morgan fingerprint density at radius 1 is 1.20 bits per heavy atom. The molecule has 1 atom stereocenters. The van der Waals surface area contributed by atoms with Crippen molar-refractivity contribution in [2.24, 2.45) is 5.10 Å². The fraction of sp³-hybridized carbons (Fsp3) is 0.429. The van der Waals surface area contributed by atoms with Crippen molar-refractivity contribution >= 4 is 34.7 Å². The zero-order valence-corrected chi connectivity index (χ0v) is 18.0. The second-order valence-corrected chi connectivity index (χ2v) is 9.43. The number of hydrogen-bond donors (Lipinski definition) is 0. The molecule has 1 aliphatic heterocycles. The summed E-state index contributed by atoms with van der Waals surface area (Å²) in [6.07, 6.45) is 8.17. The monoisotopic (exact) mass is 442 g/mol. The van der Waals surface area contributed by atoms with Crippen LogP contribution in [-0.4, -0.2) is 32.6 Å². The van der Waals surface area contributed by atoms with Crippen LogP contribution in [0.5, 0.6) is 0 Å². The minimum atomic E-state index is -0.112. The van der Waals surface area contributed by atoms with Gasteiger partial charge in [-0.2, -0.15) is 5.10 Å². The van der Waals surface area contributed by atoms with E-state index in [9.17, 15) is 4.79 Å². The molecule has 1 aliphatic carbocycles. The lowest BCUT2D eigenvalue weighted by Crippen LogP contribution is -2.28. The SMILES string of the molecule is O=C(CSc1nnc(C2CCCCC2)o1)N1N=C(c2ccco2)CC1c1cccs1. The number of thiophene rings is 1. The van der Waals surface area contributed by atoms with Crippen LogP contribution in [-0.2, 0) is 4.79 Å². The molecule has 4 heterocycles. The number of rotatable bonds is 6. The van der Waals surface area contributed by atoms with Gasteiger partial charge in [0.25, 0.3) is 11.1 Å². The van der Waals surface area contributed by atoms with Gasteiger partial charge in [-0.25, -0.2) is 5.01 Å². The Balaban J connectivity index is 1.27. The molecular formula is C21H22N4O3S2. The van der Waals surface area contributed by atoms with Crippen molar-refractivity contribution in [3.63, 3.8) is 0 Å². The molecule has 9 heteroatoms. The Hall–Kier alpha value is -2.39. The van der Waals surface area contributed by atoms with Crippen LogP contribution in [0.2, 0.25) is 0 Å². The lowest BCUT2D eigenvalue weighted by Gasteiger charge is -2.20. The van der Waals surface area contributed by atoms with E-state index in [0.717, 1.165) is 23.4 Å². The van der Waals surface area contributed by atoms with Crippen LogP contribution in [0.4, 0.5) is 0 Å². The maximum absolute atomic E-state index is 13.0. The molecule has 0 bridgehead atoms. The lowest BCUT2D eigenvalue weighted by atomic mass is 9.89. The number of aromatic nitrogens is 2. The molecule has 1 amide bonds. The van der Waals surface area contributed by atoms with Crippen LogP contribution in [0.25, 0.3) is 0 Å². The van der Waals surface area contributed by atoms with E-state index < -0.39 is 0 Å². The summed E-state index contributed by atoms with van der Waals surface area (Å²) < 4.78 is 11.3. The molecule has 0 saturated heterocycles. The van der Waals surface area contributed by atoms with Gasteiger partial charge in [0, 0.05) is 17.2 Å². The number of carbonyl (C=O) groups excluding carboxylic acids is 1. The largest absolute Gasteiger partial charge is 0.463 e. The molecule has 3 aromatic heterocycles. The molecule has 0 aromatic carbocycles. The average molecular weight is 443 g/mol. The smallest absolute Gasteiger partial charge is 0.277 e. The molecule has 0 radical (unpaired) electrons. The number of hydrazone groups is 1. The van der Waals surface area contributed by atoms with Gasteiger partial charge in [-0.05, 0) is 36.4 Å². The molecule has 5 rings (SSSR count). The first-order valence-electron chi connectivity index (χ1n) is 10.2. The van der Waals surface area contributed by atoms with E-state index in [-0.39, 0.29) is 17.7 Å². The van der Waals surface area contributed by atoms with Gasteiger partial charge in [0.05, 0.1) is 18.1 Å². The number of nitrogens with zero attached hydrogens (tertiary/aromatic N) is 4.